The number of nitrogens with one attached hydrogen (secondary N) is 1. The highest BCUT2D eigenvalue weighted by Gasteiger charge is 2.13. The standard InChI is InChI=1S/C13H12ClN5O2S/c1-2-21-13-11-18-17-10(19(11)6-5-15-13)7-16-12(20)8-3-4-9(14)22-8/h3-6H,2,7H2,1H3,(H,16,20). The maximum absolute atomic E-state index is 12.0. The second kappa shape index (κ2) is 6.29. The molecule has 0 saturated heterocycles. The van der Waals surface area contributed by atoms with Crippen LogP contribution in [0, 0.1) is 0 Å². The maximum Gasteiger partial charge on any atom is 0.261 e. The smallest absolute Gasteiger partial charge is 0.261 e. The van der Waals surface area contributed by atoms with Crippen molar-refractivity contribution in [2.75, 3.05) is 6.61 Å². The molecule has 22 heavy (non-hydrogen) atoms. The third-order valence-electron chi connectivity index (χ3n) is 2.85. The normalized spacial score (nSPS) is 10.8. The molecule has 1 N–H and O–H groups in total. The average molecular weight is 338 g/mol. The number of carbonyl (C=O) groups excluding carboxylic acids is 1. The lowest BCUT2D eigenvalue weighted by atomic mass is 10.4. The lowest BCUT2D eigenvalue weighted by Crippen LogP contribution is -2.23. The van der Waals surface area contributed by atoms with Crippen molar-refractivity contribution in [3.8, 4) is 5.88 Å². The first-order chi connectivity index (χ1) is 10.7. The van der Waals surface area contributed by atoms with Crippen molar-refractivity contribution in [1.82, 2.24) is 24.9 Å². The number of fused-ring (bicyclic) bond motifs is 1. The van der Waals surface area contributed by atoms with Crippen molar-refractivity contribution in [3.63, 3.8) is 0 Å². The van der Waals surface area contributed by atoms with Crippen molar-refractivity contribution in [2.45, 2.75) is 13.5 Å². The Morgan fingerprint density at radius 1 is 1.45 bits per heavy atom. The van der Waals surface area contributed by atoms with Gasteiger partial charge in [-0.1, -0.05) is 11.6 Å². The molecule has 0 radical (unpaired) electrons. The third kappa shape index (κ3) is 2.88. The Morgan fingerprint density at radius 2 is 2.32 bits per heavy atom. The molecule has 0 atom stereocenters. The van der Waals surface area contributed by atoms with Crippen molar-refractivity contribution in [2.24, 2.45) is 0 Å². The predicted octanol–water partition coefficient (Wildman–Crippen LogP) is 2.17. The van der Waals surface area contributed by atoms with Crippen LogP contribution in [0.25, 0.3) is 5.65 Å². The molecule has 0 bridgehead atoms. The van der Waals surface area contributed by atoms with E-state index in [9.17, 15) is 4.79 Å². The van der Waals surface area contributed by atoms with Crippen LogP contribution in [0.3, 0.4) is 0 Å². The molecule has 0 spiro atoms. The van der Waals surface area contributed by atoms with E-state index < -0.39 is 0 Å². The van der Waals surface area contributed by atoms with Gasteiger partial charge >= 0.3 is 0 Å². The monoisotopic (exact) mass is 337 g/mol. The van der Waals surface area contributed by atoms with Crippen LogP contribution in [-0.2, 0) is 6.54 Å². The Balaban J connectivity index is 1.77. The second-order valence-electron chi connectivity index (χ2n) is 4.26. The number of halogens is 1. The molecule has 3 heterocycles. The Labute approximate surface area is 134 Å². The molecule has 3 aromatic heterocycles. The first kappa shape index (κ1) is 14.7. The molecular weight excluding hydrogens is 326 g/mol. The molecule has 0 aliphatic carbocycles. The zero-order valence-electron chi connectivity index (χ0n) is 11.6. The predicted molar refractivity (Wildman–Crippen MR) is 82.5 cm³/mol. The summed E-state index contributed by atoms with van der Waals surface area (Å²) >= 11 is 7.05. The Kier molecular flexibility index (Phi) is 4.21. The van der Waals surface area contributed by atoms with E-state index in [-0.39, 0.29) is 12.5 Å². The van der Waals surface area contributed by atoms with Gasteiger partial charge in [0, 0.05) is 12.4 Å². The zero-order chi connectivity index (χ0) is 15.5. The van der Waals surface area contributed by atoms with Gasteiger partial charge in [0.05, 0.1) is 22.4 Å². The minimum atomic E-state index is -0.201. The highest BCUT2D eigenvalue weighted by Crippen LogP contribution is 2.21. The van der Waals surface area contributed by atoms with Crippen LogP contribution >= 0.6 is 22.9 Å². The fourth-order valence-corrected chi connectivity index (χ4v) is 2.85. The molecule has 1 amide bonds. The Morgan fingerprint density at radius 3 is 3.05 bits per heavy atom. The fraction of sp³-hybridized carbons (Fsp3) is 0.231. The molecule has 0 fully saturated rings. The van der Waals surface area contributed by atoms with Crippen LogP contribution < -0.4 is 10.1 Å². The number of hydrogen-bond acceptors (Lipinski definition) is 6. The minimum Gasteiger partial charge on any atom is -0.475 e. The molecule has 3 aromatic rings. The summed E-state index contributed by atoms with van der Waals surface area (Å²) in [7, 11) is 0. The number of aromatic nitrogens is 4. The topological polar surface area (TPSA) is 81.4 Å². The van der Waals surface area contributed by atoms with Gasteiger partial charge in [-0.3, -0.25) is 9.20 Å². The molecule has 9 heteroatoms. The van der Waals surface area contributed by atoms with Crippen molar-refractivity contribution in [3.05, 3.63) is 39.6 Å². The van der Waals surface area contributed by atoms with E-state index in [4.69, 9.17) is 16.3 Å². The highest BCUT2D eigenvalue weighted by molar-refractivity contribution is 7.17. The SMILES string of the molecule is CCOc1nccn2c(CNC(=O)c3ccc(Cl)s3)nnc12. The number of hydrogen-bond donors (Lipinski definition) is 1. The molecule has 7 nitrogen and oxygen atoms in total. The first-order valence-corrected chi connectivity index (χ1v) is 7.73. The van der Waals surface area contributed by atoms with E-state index in [1.165, 1.54) is 11.3 Å². The zero-order valence-corrected chi connectivity index (χ0v) is 13.2. The number of thiophene rings is 1. The number of nitrogens with zero attached hydrogens (tertiary/aromatic N) is 4. The molecule has 3 rings (SSSR count). The lowest BCUT2D eigenvalue weighted by molar-refractivity contribution is 0.0954. The van der Waals surface area contributed by atoms with Gasteiger partial charge in [0.2, 0.25) is 5.65 Å². The third-order valence-corrected chi connectivity index (χ3v) is 4.08. The molecule has 0 aromatic carbocycles. The van der Waals surface area contributed by atoms with Crippen LogP contribution in [0.1, 0.15) is 22.4 Å². The second-order valence-corrected chi connectivity index (χ2v) is 5.98. The van der Waals surface area contributed by atoms with Crippen LogP contribution in [0.4, 0.5) is 0 Å². The van der Waals surface area contributed by atoms with E-state index in [1.807, 2.05) is 6.92 Å². The van der Waals surface area contributed by atoms with E-state index in [2.05, 4.69) is 20.5 Å². The fourth-order valence-electron chi connectivity index (χ4n) is 1.89. The Bertz CT molecular complexity index is 816. The molecule has 0 unspecified atom stereocenters. The van der Waals surface area contributed by atoms with Crippen LogP contribution in [0.2, 0.25) is 4.34 Å². The Hall–Kier alpha value is -2.19. The summed E-state index contributed by atoms with van der Waals surface area (Å²) in [6.45, 7) is 2.60. The summed E-state index contributed by atoms with van der Waals surface area (Å²) in [5, 5.41) is 10.9. The quantitative estimate of drug-likeness (QED) is 0.771. The minimum absolute atomic E-state index is 0.201. The van der Waals surface area contributed by atoms with Gasteiger partial charge in [0.25, 0.3) is 11.8 Å². The van der Waals surface area contributed by atoms with Gasteiger partial charge < -0.3 is 10.1 Å². The van der Waals surface area contributed by atoms with Gasteiger partial charge in [0.15, 0.2) is 5.82 Å². The van der Waals surface area contributed by atoms with Crippen molar-refractivity contribution in [1.29, 1.82) is 0 Å². The summed E-state index contributed by atoms with van der Waals surface area (Å²) in [6, 6.07) is 3.37. The van der Waals surface area contributed by atoms with Gasteiger partial charge in [-0.05, 0) is 19.1 Å². The van der Waals surface area contributed by atoms with Crippen molar-refractivity contribution < 1.29 is 9.53 Å². The van der Waals surface area contributed by atoms with Gasteiger partial charge in [-0.2, -0.15) is 0 Å². The van der Waals surface area contributed by atoms with Gasteiger partial charge in [0.1, 0.15) is 0 Å². The number of amides is 1. The number of rotatable bonds is 5. The summed E-state index contributed by atoms with van der Waals surface area (Å²) in [4.78, 5) is 16.7. The molecular formula is C13H12ClN5O2S. The first-order valence-electron chi connectivity index (χ1n) is 6.54. The number of ether oxygens (including phenoxy) is 1. The lowest BCUT2D eigenvalue weighted by Gasteiger charge is -2.04. The van der Waals surface area contributed by atoms with E-state index in [1.54, 1.807) is 28.9 Å². The summed E-state index contributed by atoms with van der Waals surface area (Å²) in [5.41, 5.74) is 0.521. The molecule has 0 saturated carbocycles. The van der Waals surface area contributed by atoms with Crippen LogP contribution in [0.15, 0.2) is 24.5 Å². The summed E-state index contributed by atoms with van der Waals surface area (Å²) < 4.78 is 7.71. The number of carbonyl (C=O) groups is 1. The molecule has 0 aliphatic heterocycles. The summed E-state index contributed by atoms with van der Waals surface area (Å²) in [6.07, 6.45) is 3.33. The van der Waals surface area contributed by atoms with E-state index in [0.29, 0.717) is 33.2 Å². The largest absolute Gasteiger partial charge is 0.475 e. The van der Waals surface area contributed by atoms with Crippen molar-refractivity contribution >= 4 is 34.5 Å². The van der Waals surface area contributed by atoms with E-state index >= 15 is 0 Å². The maximum atomic E-state index is 12.0. The highest BCUT2D eigenvalue weighted by atomic mass is 35.5. The van der Waals surface area contributed by atoms with Gasteiger partial charge in [-0.15, -0.1) is 21.5 Å². The summed E-state index contributed by atoms with van der Waals surface area (Å²) in [5.74, 6) is 0.808. The van der Waals surface area contributed by atoms with Gasteiger partial charge in [-0.25, -0.2) is 4.98 Å². The average Bonchev–Trinajstić information content (AvgIpc) is 3.12. The van der Waals surface area contributed by atoms with E-state index in [0.717, 1.165) is 0 Å². The molecule has 114 valence electrons. The van der Waals surface area contributed by atoms with Crippen LogP contribution in [0.5, 0.6) is 5.88 Å². The molecule has 0 aliphatic rings. The van der Waals surface area contributed by atoms with Crippen LogP contribution in [-0.4, -0.2) is 32.1 Å².